The third-order valence-electron chi connectivity index (χ3n) is 3.71. The Bertz CT molecular complexity index is 648. The van der Waals surface area contributed by atoms with E-state index in [0.717, 1.165) is 0 Å². The summed E-state index contributed by atoms with van der Waals surface area (Å²) in [5.41, 5.74) is 0.944. The van der Waals surface area contributed by atoms with E-state index in [1.807, 2.05) is 6.26 Å². The van der Waals surface area contributed by atoms with Gasteiger partial charge in [0.05, 0.1) is 11.6 Å². The van der Waals surface area contributed by atoms with Crippen molar-refractivity contribution < 1.29 is 18.7 Å². The Hall–Kier alpha value is -2.02. The normalized spacial score (nSPS) is 18.0. The zero-order valence-corrected chi connectivity index (χ0v) is 14.1. The van der Waals surface area contributed by atoms with Gasteiger partial charge in [0.15, 0.2) is 0 Å². The second kappa shape index (κ2) is 7.50. The molecule has 1 aromatic carbocycles. The van der Waals surface area contributed by atoms with Crippen molar-refractivity contribution in [2.45, 2.75) is 13.0 Å². The summed E-state index contributed by atoms with van der Waals surface area (Å²) in [4.78, 5) is 25.8. The zero-order valence-electron chi connectivity index (χ0n) is 13.3. The molecule has 0 spiro atoms. The van der Waals surface area contributed by atoms with Gasteiger partial charge in [0.25, 0.3) is 0 Å². The molecular weight excluding hydrogens is 319 g/mol. The molecule has 1 atom stereocenters. The Labute approximate surface area is 138 Å². The Balaban J connectivity index is 2.40. The Kier molecular flexibility index (Phi) is 5.65. The lowest BCUT2D eigenvalue weighted by Gasteiger charge is -2.33. The number of urea groups is 1. The molecule has 7 heteroatoms. The topological polar surface area (TPSA) is 58.6 Å². The number of ether oxygens (including phenoxy) is 1. The van der Waals surface area contributed by atoms with E-state index in [1.165, 1.54) is 11.0 Å². The van der Waals surface area contributed by atoms with Crippen molar-refractivity contribution in [2.24, 2.45) is 0 Å². The number of carbonyl (C=O) groups excluding carboxylic acids is 2. The molecule has 23 heavy (non-hydrogen) atoms. The van der Waals surface area contributed by atoms with Crippen LogP contribution in [0.5, 0.6) is 0 Å². The van der Waals surface area contributed by atoms with Crippen molar-refractivity contribution in [3.8, 4) is 0 Å². The zero-order chi connectivity index (χ0) is 17.0. The number of hydrogen-bond acceptors (Lipinski definition) is 4. The molecule has 1 aromatic rings. The van der Waals surface area contributed by atoms with E-state index in [2.05, 4.69) is 5.32 Å². The van der Waals surface area contributed by atoms with E-state index in [4.69, 9.17) is 4.74 Å². The summed E-state index contributed by atoms with van der Waals surface area (Å²) in [7, 11) is 1.55. The van der Waals surface area contributed by atoms with Crippen LogP contribution in [0.15, 0.2) is 35.5 Å². The maximum absolute atomic E-state index is 14.1. The molecular formula is C16H19FN2O3S. The van der Waals surface area contributed by atoms with E-state index >= 15 is 0 Å². The Morgan fingerprint density at radius 3 is 2.78 bits per heavy atom. The van der Waals surface area contributed by atoms with Gasteiger partial charge in [-0.05, 0) is 19.2 Å². The van der Waals surface area contributed by atoms with Gasteiger partial charge in [-0.1, -0.05) is 18.2 Å². The third-order valence-corrected chi connectivity index (χ3v) is 4.29. The summed E-state index contributed by atoms with van der Waals surface area (Å²) in [5, 5.41) is 2.66. The standard InChI is InChI=1S/C16H19FN2O3S/c1-10-13(15(20)22-8-9-23-3)14(18-16(21)19(10)2)11-6-4-5-7-12(11)17/h4-7,14H,8-9H2,1-3H3,(H,18,21)/t14-/m0/s1. The van der Waals surface area contributed by atoms with Gasteiger partial charge in [-0.3, -0.25) is 0 Å². The van der Waals surface area contributed by atoms with Crippen LogP contribution >= 0.6 is 11.8 Å². The lowest BCUT2D eigenvalue weighted by molar-refractivity contribution is -0.139. The van der Waals surface area contributed by atoms with Crippen LogP contribution in [-0.2, 0) is 9.53 Å². The molecule has 2 amide bonds. The molecule has 0 unspecified atom stereocenters. The predicted octanol–water partition coefficient (Wildman–Crippen LogP) is 2.70. The molecule has 1 aliphatic heterocycles. The number of amides is 2. The lowest BCUT2D eigenvalue weighted by atomic mass is 9.94. The average molecular weight is 338 g/mol. The molecule has 0 fully saturated rings. The fourth-order valence-electron chi connectivity index (χ4n) is 2.34. The number of esters is 1. The molecule has 0 saturated carbocycles. The third kappa shape index (κ3) is 3.67. The number of carbonyl (C=O) groups is 2. The first-order chi connectivity index (χ1) is 11.0. The monoisotopic (exact) mass is 338 g/mol. The largest absolute Gasteiger partial charge is 0.461 e. The van der Waals surface area contributed by atoms with Crippen molar-refractivity contribution >= 4 is 23.8 Å². The molecule has 0 aromatic heterocycles. The van der Waals surface area contributed by atoms with Gasteiger partial charge < -0.3 is 15.0 Å². The summed E-state index contributed by atoms with van der Waals surface area (Å²) in [6.07, 6.45) is 1.91. The minimum atomic E-state index is -0.860. The van der Waals surface area contributed by atoms with Gasteiger partial charge >= 0.3 is 12.0 Å². The quantitative estimate of drug-likeness (QED) is 0.662. The molecule has 124 valence electrons. The molecule has 5 nitrogen and oxygen atoms in total. The van der Waals surface area contributed by atoms with E-state index in [0.29, 0.717) is 11.4 Å². The van der Waals surface area contributed by atoms with Crippen molar-refractivity contribution in [1.29, 1.82) is 0 Å². The fraction of sp³-hybridized carbons (Fsp3) is 0.375. The van der Waals surface area contributed by atoms with E-state index < -0.39 is 23.9 Å². The van der Waals surface area contributed by atoms with Crippen molar-refractivity contribution in [3.63, 3.8) is 0 Å². The maximum Gasteiger partial charge on any atom is 0.338 e. The van der Waals surface area contributed by atoms with Gasteiger partial charge in [-0.15, -0.1) is 0 Å². The summed E-state index contributed by atoms with van der Waals surface area (Å²) < 4.78 is 19.4. The van der Waals surface area contributed by atoms with Crippen LogP contribution in [-0.4, -0.2) is 42.6 Å². The van der Waals surface area contributed by atoms with Crippen molar-refractivity contribution in [2.75, 3.05) is 25.7 Å². The number of nitrogens with one attached hydrogen (secondary N) is 1. The van der Waals surface area contributed by atoms with Crippen LogP contribution < -0.4 is 5.32 Å². The lowest BCUT2D eigenvalue weighted by Crippen LogP contribution is -2.46. The fourth-order valence-corrected chi connectivity index (χ4v) is 2.59. The van der Waals surface area contributed by atoms with Gasteiger partial charge in [0.1, 0.15) is 12.4 Å². The van der Waals surface area contributed by atoms with E-state index in [9.17, 15) is 14.0 Å². The van der Waals surface area contributed by atoms with E-state index in [-0.39, 0.29) is 17.7 Å². The smallest absolute Gasteiger partial charge is 0.338 e. The second-order valence-corrected chi connectivity index (χ2v) is 6.08. The molecule has 0 aliphatic carbocycles. The number of rotatable bonds is 5. The van der Waals surface area contributed by atoms with Crippen LogP contribution in [0.1, 0.15) is 18.5 Å². The van der Waals surface area contributed by atoms with Crippen LogP contribution in [0, 0.1) is 5.82 Å². The van der Waals surface area contributed by atoms with E-state index in [1.54, 1.807) is 43.9 Å². The van der Waals surface area contributed by atoms with Gasteiger partial charge in [0.2, 0.25) is 0 Å². The maximum atomic E-state index is 14.1. The number of nitrogens with zero attached hydrogens (tertiary/aromatic N) is 1. The molecule has 0 saturated heterocycles. The highest BCUT2D eigenvalue weighted by Gasteiger charge is 2.36. The first kappa shape index (κ1) is 17.3. The number of benzene rings is 1. The minimum absolute atomic E-state index is 0.241. The van der Waals surface area contributed by atoms with Gasteiger partial charge in [-0.25, -0.2) is 14.0 Å². The van der Waals surface area contributed by atoms with Crippen molar-refractivity contribution in [3.05, 3.63) is 46.9 Å². The van der Waals surface area contributed by atoms with Gasteiger partial charge in [0, 0.05) is 24.1 Å². The molecule has 1 aliphatic rings. The summed E-state index contributed by atoms with van der Waals surface area (Å²) in [5.74, 6) is -0.355. The Morgan fingerprint density at radius 2 is 2.13 bits per heavy atom. The average Bonchev–Trinajstić information content (AvgIpc) is 2.53. The first-order valence-corrected chi connectivity index (χ1v) is 8.52. The van der Waals surface area contributed by atoms with Crippen molar-refractivity contribution in [1.82, 2.24) is 10.2 Å². The van der Waals surface area contributed by atoms with Crippen LogP contribution in [0.25, 0.3) is 0 Å². The first-order valence-electron chi connectivity index (χ1n) is 7.12. The molecule has 0 radical (unpaired) electrons. The number of halogens is 1. The number of allylic oxidation sites excluding steroid dienone is 1. The number of hydrogen-bond donors (Lipinski definition) is 1. The highest BCUT2D eigenvalue weighted by atomic mass is 32.2. The van der Waals surface area contributed by atoms with Gasteiger partial charge in [-0.2, -0.15) is 11.8 Å². The number of thioether (sulfide) groups is 1. The molecule has 2 rings (SSSR count). The van der Waals surface area contributed by atoms with Crippen LogP contribution in [0.4, 0.5) is 9.18 Å². The highest BCUT2D eigenvalue weighted by Crippen LogP contribution is 2.31. The summed E-state index contributed by atoms with van der Waals surface area (Å²) in [6.45, 7) is 1.91. The predicted molar refractivity (Wildman–Crippen MR) is 87.5 cm³/mol. The second-order valence-electron chi connectivity index (χ2n) is 5.09. The van der Waals surface area contributed by atoms with Crippen LogP contribution in [0.2, 0.25) is 0 Å². The molecule has 1 N–H and O–H groups in total. The SMILES string of the molecule is CSCCOC(=O)C1=C(C)N(C)C(=O)N[C@H]1c1ccccc1F. The summed E-state index contributed by atoms with van der Waals surface area (Å²) in [6, 6.07) is 4.82. The molecule has 0 bridgehead atoms. The highest BCUT2D eigenvalue weighted by molar-refractivity contribution is 7.98. The minimum Gasteiger partial charge on any atom is -0.461 e. The molecule has 1 heterocycles. The summed E-state index contributed by atoms with van der Waals surface area (Å²) >= 11 is 1.56. The Morgan fingerprint density at radius 1 is 1.43 bits per heavy atom. The van der Waals surface area contributed by atoms with Crippen LogP contribution in [0.3, 0.4) is 0 Å².